The van der Waals surface area contributed by atoms with Gasteiger partial charge in [0.1, 0.15) is 6.61 Å². The zero-order valence-corrected chi connectivity index (χ0v) is 13.0. The average molecular weight is 363 g/mol. The first-order valence-electron chi connectivity index (χ1n) is 5.52. The predicted molar refractivity (Wildman–Crippen MR) is 68.5 cm³/mol. The summed E-state index contributed by atoms with van der Waals surface area (Å²) in [7, 11) is -7.74. The molecule has 1 aromatic rings. The molecule has 0 spiro atoms. The lowest BCUT2D eigenvalue weighted by Crippen LogP contribution is -2.13. The molecule has 0 radical (unpaired) electrons. The molecule has 1 rings (SSSR count). The number of aromatic nitrogens is 1. The van der Waals surface area contributed by atoms with Gasteiger partial charge in [-0.2, -0.15) is 30.0 Å². The zero-order chi connectivity index (χ0) is 17.2. The molecular formula is C10H12F3NO6S2. The third-order valence-electron chi connectivity index (χ3n) is 2.23. The Labute approximate surface area is 125 Å². The van der Waals surface area contributed by atoms with Gasteiger partial charge in [0.25, 0.3) is 20.2 Å². The lowest BCUT2D eigenvalue weighted by atomic mass is 10.1. The molecule has 0 amide bonds. The highest BCUT2D eigenvalue weighted by Gasteiger charge is 2.32. The fourth-order valence-corrected chi connectivity index (χ4v) is 1.95. The van der Waals surface area contributed by atoms with Gasteiger partial charge in [0, 0.05) is 11.8 Å². The molecule has 0 aromatic carbocycles. The molecule has 22 heavy (non-hydrogen) atoms. The number of nitrogens with zero attached hydrogens (tertiary/aromatic N) is 1. The highest BCUT2D eigenvalue weighted by Crippen LogP contribution is 2.30. The smallest absolute Gasteiger partial charge is 0.265 e. The monoisotopic (exact) mass is 363 g/mol. The molecular weight excluding hydrogens is 351 g/mol. The molecule has 126 valence electrons. The highest BCUT2D eigenvalue weighted by atomic mass is 32.2. The zero-order valence-electron chi connectivity index (χ0n) is 11.4. The van der Waals surface area contributed by atoms with Crippen molar-refractivity contribution in [2.24, 2.45) is 0 Å². The van der Waals surface area contributed by atoms with E-state index < -0.39 is 45.2 Å². The molecule has 0 unspecified atom stereocenters. The molecule has 0 aliphatic rings. The van der Waals surface area contributed by atoms with Crippen molar-refractivity contribution in [3.05, 3.63) is 29.1 Å². The second-order valence-corrected chi connectivity index (χ2v) is 7.55. The van der Waals surface area contributed by atoms with Gasteiger partial charge in [-0.1, -0.05) is 0 Å². The van der Waals surface area contributed by atoms with Crippen LogP contribution < -0.4 is 0 Å². The van der Waals surface area contributed by atoms with Gasteiger partial charge in [0.05, 0.1) is 30.4 Å². The minimum atomic E-state index is -4.69. The van der Waals surface area contributed by atoms with Crippen LogP contribution in [0.25, 0.3) is 0 Å². The topological polar surface area (TPSA) is 99.6 Å². The summed E-state index contributed by atoms with van der Waals surface area (Å²) in [6.07, 6.45) is -2.72. The van der Waals surface area contributed by atoms with Gasteiger partial charge in [0.15, 0.2) is 0 Å². The fourth-order valence-electron chi connectivity index (χ4n) is 1.28. The van der Waals surface area contributed by atoms with Crippen molar-refractivity contribution in [2.45, 2.75) is 19.4 Å². The van der Waals surface area contributed by atoms with Gasteiger partial charge in [-0.25, -0.2) is 0 Å². The maximum absolute atomic E-state index is 12.6. The van der Waals surface area contributed by atoms with Gasteiger partial charge in [-0.3, -0.25) is 13.4 Å². The van der Waals surface area contributed by atoms with Crippen LogP contribution in [0.3, 0.4) is 0 Å². The van der Waals surface area contributed by atoms with Crippen molar-refractivity contribution in [2.75, 3.05) is 12.5 Å². The largest absolute Gasteiger partial charge is 0.417 e. The summed E-state index contributed by atoms with van der Waals surface area (Å²) in [6, 6.07) is 0.624. The van der Waals surface area contributed by atoms with E-state index in [-0.39, 0.29) is 11.3 Å². The van der Waals surface area contributed by atoms with Crippen molar-refractivity contribution < 1.29 is 38.4 Å². The molecule has 7 nitrogen and oxygen atoms in total. The van der Waals surface area contributed by atoms with Crippen LogP contribution >= 0.6 is 0 Å². The molecule has 0 aliphatic carbocycles. The summed E-state index contributed by atoms with van der Waals surface area (Å²) in [5, 5.41) is 0. The molecule has 0 fully saturated rings. The molecule has 12 heteroatoms. The summed E-state index contributed by atoms with van der Waals surface area (Å²) in [5.41, 5.74) is -1.55. The molecule has 0 aliphatic heterocycles. The Bertz CT molecular complexity index is 742. The molecule has 1 heterocycles. The van der Waals surface area contributed by atoms with Crippen LogP contribution in [-0.2, 0) is 48.0 Å². The second kappa shape index (κ2) is 6.48. The van der Waals surface area contributed by atoms with E-state index in [2.05, 4.69) is 13.4 Å². The van der Waals surface area contributed by atoms with Crippen molar-refractivity contribution in [1.82, 2.24) is 4.98 Å². The first kappa shape index (κ1) is 18.8. The van der Waals surface area contributed by atoms with Crippen LogP contribution in [0.15, 0.2) is 12.3 Å². The Morgan fingerprint density at radius 3 is 2.00 bits per heavy atom. The number of rotatable bonds is 6. The van der Waals surface area contributed by atoms with E-state index in [0.29, 0.717) is 12.3 Å². The van der Waals surface area contributed by atoms with E-state index in [1.165, 1.54) is 0 Å². The fraction of sp³-hybridized carbons (Fsp3) is 0.500. The van der Waals surface area contributed by atoms with Gasteiger partial charge in [-0.15, -0.1) is 0 Å². The quantitative estimate of drug-likeness (QED) is 0.697. The normalized spacial score (nSPS) is 13.3. The first-order valence-corrected chi connectivity index (χ1v) is 9.15. The SMILES string of the molecule is CS(=O)(=O)OCc1cc(C(F)(F)F)cnc1COS(C)(=O)=O. The number of hydrogen-bond donors (Lipinski definition) is 0. The van der Waals surface area contributed by atoms with E-state index in [1.54, 1.807) is 0 Å². The Kier molecular flexibility index (Phi) is 5.54. The van der Waals surface area contributed by atoms with Crippen molar-refractivity contribution in [3.63, 3.8) is 0 Å². The minimum absolute atomic E-state index is 0.179. The molecule has 0 atom stereocenters. The summed E-state index contributed by atoms with van der Waals surface area (Å²) in [6.45, 7) is -1.36. The third-order valence-corrected chi connectivity index (χ3v) is 3.32. The molecule has 0 bridgehead atoms. The predicted octanol–water partition coefficient (Wildman–Crippen LogP) is 1.05. The lowest BCUT2D eigenvalue weighted by Gasteiger charge is -2.12. The van der Waals surface area contributed by atoms with E-state index in [9.17, 15) is 30.0 Å². The molecule has 1 aromatic heterocycles. The summed E-state index contributed by atoms with van der Waals surface area (Å²) in [5.74, 6) is 0. The number of alkyl halides is 3. The minimum Gasteiger partial charge on any atom is -0.265 e. The maximum atomic E-state index is 12.6. The van der Waals surface area contributed by atoms with Gasteiger partial charge in [-0.05, 0) is 6.07 Å². The Balaban J connectivity index is 3.13. The van der Waals surface area contributed by atoms with Crippen LogP contribution in [0.1, 0.15) is 16.8 Å². The van der Waals surface area contributed by atoms with Crippen molar-refractivity contribution in [1.29, 1.82) is 0 Å². The van der Waals surface area contributed by atoms with E-state index in [4.69, 9.17) is 0 Å². The summed E-state index contributed by atoms with van der Waals surface area (Å²) < 4.78 is 90.4. The third kappa shape index (κ3) is 6.68. The Hall–Kier alpha value is -1.24. The van der Waals surface area contributed by atoms with Gasteiger partial charge >= 0.3 is 6.18 Å². The van der Waals surface area contributed by atoms with Crippen LogP contribution in [0, 0.1) is 0 Å². The van der Waals surface area contributed by atoms with Gasteiger partial charge in [0.2, 0.25) is 0 Å². The first-order chi connectivity index (χ1) is 9.78. The molecule has 0 saturated heterocycles. The molecule has 0 saturated carbocycles. The van der Waals surface area contributed by atoms with E-state index in [0.717, 1.165) is 12.5 Å². The number of pyridine rings is 1. The lowest BCUT2D eigenvalue weighted by molar-refractivity contribution is -0.137. The van der Waals surface area contributed by atoms with Crippen LogP contribution in [-0.4, -0.2) is 34.3 Å². The average Bonchev–Trinajstić information content (AvgIpc) is 2.31. The van der Waals surface area contributed by atoms with Crippen LogP contribution in [0.4, 0.5) is 13.2 Å². The Morgan fingerprint density at radius 1 is 1.05 bits per heavy atom. The Morgan fingerprint density at radius 2 is 1.55 bits per heavy atom. The van der Waals surface area contributed by atoms with E-state index >= 15 is 0 Å². The van der Waals surface area contributed by atoms with Gasteiger partial charge < -0.3 is 0 Å². The standard InChI is InChI=1S/C10H12F3NO6S2/c1-21(15,16)19-5-7-3-8(10(11,12)13)4-14-9(7)6-20-22(2,17)18/h3-4H,5-6H2,1-2H3. The summed E-state index contributed by atoms with van der Waals surface area (Å²) >= 11 is 0. The van der Waals surface area contributed by atoms with Crippen LogP contribution in [0.2, 0.25) is 0 Å². The maximum Gasteiger partial charge on any atom is 0.417 e. The second-order valence-electron chi connectivity index (χ2n) is 4.26. The molecule has 0 N–H and O–H groups in total. The number of hydrogen-bond acceptors (Lipinski definition) is 7. The van der Waals surface area contributed by atoms with Crippen molar-refractivity contribution in [3.8, 4) is 0 Å². The number of halogens is 3. The highest BCUT2D eigenvalue weighted by molar-refractivity contribution is 7.86. The summed E-state index contributed by atoms with van der Waals surface area (Å²) in [4.78, 5) is 3.46. The van der Waals surface area contributed by atoms with Crippen LogP contribution in [0.5, 0.6) is 0 Å². The van der Waals surface area contributed by atoms with E-state index in [1.807, 2.05) is 0 Å². The van der Waals surface area contributed by atoms with Crippen molar-refractivity contribution >= 4 is 20.2 Å².